The van der Waals surface area contributed by atoms with Gasteiger partial charge in [-0.1, -0.05) is 12.0 Å². The van der Waals surface area contributed by atoms with Gasteiger partial charge in [0.2, 0.25) is 5.91 Å². The minimum Gasteiger partial charge on any atom is -0.346 e. The Labute approximate surface area is 162 Å². The number of amides is 2. The first-order valence-corrected chi connectivity index (χ1v) is 8.89. The lowest BCUT2D eigenvalue weighted by molar-refractivity contribution is -0.130. The van der Waals surface area contributed by atoms with Crippen molar-refractivity contribution < 1.29 is 9.59 Å². The fourth-order valence-corrected chi connectivity index (χ4v) is 3.63. The fraction of sp³-hybridized carbons (Fsp3) is 0.238. The van der Waals surface area contributed by atoms with Crippen LogP contribution in [0.25, 0.3) is 0 Å². The molecule has 2 aliphatic rings. The van der Waals surface area contributed by atoms with E-state index in [0.717, 1.165) is 16.7 Å². The molecule has 7 heteroatoms. The molecule has 4 rings (SSSR count). The van der Waals surface area contributed by atoms with Gasteiger partial charge in [0.1, 0.15) is 5.69 Å². The number of rotatable bonds is 2. The topological polar surface area (TPSA) is 98.2 Å². The Hall–Kier alpha value is -3.66. The average Bonchev–Trinajstić information content (AvgIpc) is 2.67. The van der Waals surface area contributed by atoms with Crippen LogP contribution in [0, 0.1) is 17.3 Å². The van der Waals surface area contributed by atoms with E-state index < -0.39 is 5.54 Å². The van der Waals surface area contributed by atoms with Gasteiger partial charge in [-0.3, -0.25) is 19.9 Å². The van der Waals surface area contributed by atoms with E-state index in [2.05, 4.69) is 27.5 Å². The highest BCUT2D eigenvalue weighted by atomic mass is 16.2. The molecule has 0 bridgehead atoms. The fourth-order valence-electron chi connectivity index (χ4n) is 3.63. The number of benzene rings is 1. The van der Waals surface area contributed by atoms with Gasteiger partial charge >= 0.3 is 0 Å². The van der Waals surface area contributed by atoms with Crippen molar-refractivity contribution in [2.75, 3.05) is 12.4 Å². The van der Waals surface area contributed by atoms with Crippen LogP contribution in [0.4, 0.5) is 5.69 Å². The Morgan fingerprint density at radius 1 is 1.32 bits per heavy atom. The molecule has 0 radical (unpaired) electrons. The van der Waals surface area contributed by atoms with Crippen LogP contribution in [0.3, 0.4) is 0 Å². The second kappa shape index (κ2) is 6.50. The van der Waals surface area contributed by atoms with E-state index in [0.29, 0.717) is 17.8 Å². The van der Waals surface area contributed by atoms with Crippen LogP contribution in [-0.4, -0.2) is 34.7 Å². The molecule has 1 atom stereocenters. The second-order valence-electron chi connectivity index (χ2n) is 7.00. The third-order valence-corrected chi connectivity index (χ3v) is 5.16. The largest absolute Gasteiger partial charge is 0.346 e. The highest BCUT2D eigenvalue weighted by molar-refractivity contribution is 6.03. The van der Waals surface area contributed by atoms with Gasteiger partial charge in [0.25, 0.3) is 5.91 Å². The van der Waals surface area contributed by atoms with Gasteiger partial charge in [0.05, 0.1) is 12.0 Å². The van der Waals surface area contributed by atoms with Gasteiger partial charge < -0.3 is 10.6 Å². The van der Waals surface area contributed by atoms with Crippen molar-refractivity contribution in [3.05, 3.63) is 58.9 Å². The summed E-state index contributed by atoms with van der Waals surface area (Å²) in [5.74, 6) is 5.36. The molecule has 3 N–H and O–H groups in total. The number of hydrogen-bond donors (Lipinski definition) is 3. The third kappa shape index (κ3) is 2.89. The summed E-state index contributed by atoms with van der Waals surface area (Å²) in [4.78, 5) is 30.2. The first-order chi connectivity index (χ1) is 13.4. The summed E-state index contributed by atoms with van der Waals surface area (Å²) in [5.41, 5.74) is 3.17. The standard InChI is InChI=1S/C21H19N5O2/c1-3-4-13-5-8-17(23-12-13)19(28)24-15-7-6-14-10-21(16(14)9-15)11-18(27)26(2)20(22)25-21/h5-9,12H,10-11H2,1-2H3,(H2,22,25)(H,24,28)/t21-/m0/s1. The number of pyridine rings is 1. The van der Waals surface area contributed by atoms with Crippen LogP contribution in [0.2, 0.25) is 0 Å². The lowest BCUT2D eigenvalue weighted by atomic mass is 9.67. The van der Waals surface area contributed by atoms with Crippen molar-refractivity contribution in [2.24, 2.45) is 0 Å². The Morgan fingerprint density at radius 3 is 2.82 bits per heavy atom. The average molecular weight is 373 g/mol. The molecule has 140 valence electrons. The third-order valence-electron chi connectivity index (χ3n) is 5.16. The molecule has 1 aromatic carbocycles. The zero-order valence-corrected chi connectivity index (χ0v) is 15.6. The van der Waals surface area contributed by atoms with E-state index in [4.69, 9.17) is 5.41 Å². The Balaban J connectivity index is 1.54. The SMILES string of the molecule is CC#Cc1ccc(C(=O)Nc2ccc3c(c2)[C@@]2(CC(=O)N(C)C(=N)N2)C3)nc1. The Morgan fingerprint density at radius 2 is 2.14 bits per heavy atom. The first kappa shape index (κ1) is 17.7. The zero-order valence-electron chi connectivity index (χ0n) is 15.6. The van der Waals surface area contributed by atoms with E-state index in [9.17, 15) is 9.59 Å². The molecule has 2 amide bonds. The first-order valence-electron chi connectivity index (χ1n) is 8.89. The monoisotopic (exact) mass is 373 g/mol. The van der Waals surface area contributed by atoms with Crippen LogP contribution >= 0.6 is 0 Å². The molecular weight excluding hydrogens is 354 g/mol. The van der Waals surface area contributed by atoms with Gasteiger partial charge in [0.15, 0.2) is 5.96 Å². The molecule has 7 nitrogen and oxygen atoms in total. The van der Waals surface area contributed by atoms with Gasteiger partial charge in [-0.2, -0.15) is 0 Å². The normalized spacial score (nSPS) is 19.9. The predicted octanol–water partition coefficient (Wildman–Crippen LogP) is 1.84. The van der Waals surface area contributed by atoms with Gasteiger partial charge in [-0.25, -0.2) is 4.98 Å². The van der Waals surface area contributed by atoms with Crippen LogP contribution < -0.4 is 10.6 Å². The van der Waals surface area contributed by atoms with E-state index in [1.807, 2.05) is 18.2 Å². The summed E-state index contributed by atoms with van der Waals surface area (Å²) < 4.78 is 0. The van der Waals surface area contributed by atoms with Crippen molar-refractivity contribution in [1.29, 1.82) is 5.41 Å². The molecule has 1 spiro atoms. The van der Waals surface area contributed by atoms with E-state index in [1.165, 1.54) is 4.90 Å². The maximum atomic E-state index is 12.5. The number of nitrogens with zero attached hydrogens (tertiary/aromatic N) is 2. The summed E-state index contributed by atoms with van der Waals surface area (Å²) >= 11 is 0. The van der Waals surface area contributed by atoms with E-state index >= 15 is 0 Å². The molecule has 1 fully saturated rings. The van der Waals surface area contributed by atoms with Crippen molar-refractivity contribution in [3.63, 3.8) is 0 Å². The molecule has 0 saturated carbocycles. The lowest BCUT2D eigenvalue weighted by Crippen LogP contribution is -2.63. The van der Waals surface area contributed by atoms with Gasteiger partial charge in [0, 0.05) is 30.9 Å². The molecule has 2 heterocycles. The second-order valence-corrected chi connectivity index (χ2v) is 7.00. The van der Waals surface area contributed by atoms with Crippen LogP contribution in [0.5, 0.6) is 0 Å². The number of nitrogens with one attached hydrogen (secondary N) is 3. The van der Waals surface area contributed by atoms with Crippen molar-refractivity contribution in [2.45, 2.75) is 25.3 Å². The van der Waals surface area contributed by atoms with Gasteiger partial charge in [-0.05, 0) is 42.3 Å². The number of aromatic nitrogens is 1. The van der Waals surface area contributed by atoms with Crippen LogP contribution in [0.1, 0.15) is 40.5 Å². The van der Waals surface area contributed by atoms with Crippen LogP contribution in [-0.2, 0) is 16.8 Å². The van der Waals surface area contributed by atoms with Gasteiger partial charge in [-0.15, -0.1) is 5.92 Å². The number of fused-ring (bicyclic) bond motifs is 2. The van der Waals surface area contributed by atoms with E-state index in [1.54, 1.807) is 32.3 Å². The highest BCUT2D eigenvalue weighted by Crippen LogP contribution is 2.44. The van der Waals surface area contributed by atoms with E-state index in [-0.39, 0.29) is 24.2 Å². The summed E-state index contributed by atoms with van der Waals surface area (Å²) in [7, 11) is 1.59. The molecule has 2 aromatic rings. The molecule has 1 aliphatic heterocycles. The predicted molar refractivity (Wildman–Crippen MR) is 105 cm³/mol. The summed E-state index contributed by atoms with van der Waals surface area (Å²) in [6.45, 7) is 1.74. The number of anilines is 1. The molecule has 0 unspecified atom stereocenters. The molecular formula is C21H19N5O2. The summed E-state index contributed by atoms with van der Waals surface area (Å²) in [6, 6.07) is 9.04. The minimum atomic E-state index is -0.560. The summed E-state index contributed by atoms with van der Waals surface area (Å²) in [6.07, 6.45) is 2.54. The quantitative estimate of drug-likeness (QED) is 0.700. The maximum Gasteiger partial charge on any atom is 0.274 e. The van der Waals surface area contributed by atoms with Crippen molar-refractivity contribution >= 4 is 23.5 Å². The number of hydrogen-bond acceptors (Lipinski definition) is 4. The molecule has 28 heavy (non-hydrogen) atoms. The summed E-state index contributed by atoms with van der Waals surface area (Å²) in [5, 5.41) is 14.0. The van der Waals surface area contributed by atoms with Crippen molar-refractivity contribution in [3.8, 4) is 11.8 Å². The maximum absolute atomic E-state index is 12.5. The van der Waals surface area contributed by atoms with Crippen LogP contribution in [0.15, 0.2) is 36.5 Å². The Bertz CT molecular complexity index is 1040. The molecule has 1 saturated heterocycles. The molecule has 1 aromatic heterocycles. The number of carbonyl (C=O) groups excluding carboxylic acids is 2. The lowest BCUT2D eigenvalue weighted by Gasteiger charge is -2.49. The van der Waals surface area contributed by atoms with Crippen molar-refractivity contribution in [1.82, 2.24) is 15.2 Å². The highest BCUT2D eigenvalue weighted by Gasteiger charge is 2.49. The minimum absolute atomic E-state index is 0.0933. The number of guanidine groups is 1. The zero-order chi connectivity index (χ0) is 19.9. The molecule has 1 aliphatic carbocycles. The number of carbonyl (C=O) groups is 2. The Kier molecular flexibility index (Phi) is 4.12. The smallest absolute Gasteiger partial charge is 0.274 e.